The summed E-state index contributed by atoms with van der Waals surface area (Å²) in [4.78, 5) is 30.8. The molecular formula is C29H44N2O5. The lowest BCUT2D eigenvalue weighted by molar-refractivity contribution is -0.170. The Morgan fingerprint density at radius 1 is 1.25 bits per heavy atom. The van der Waals surface area contributed by atoms with Crippen molar-refractivity contribution in [2.24, 2.45) is 5.92 Å². The summed E-state index contributed by atoms with van der Waals surface area (Å²) < 4.78 is 17.5. The Balaban J connectivity index is 2.44. The van der Waals surface area contributed by atoms with Crippen LogP contribution in [0.5, 0.6) is 0 Å². The number of nitrogens with one attached hydrogen (secondary N) is 1. The average Bonchev–Trinajstić information content (AvgIpc) is 2.96. The lowest BCUT2D eigenvalue weighted by atomic mass is 9.83. The van der Waals surface area contributed by atoms with Crippen LogP contribution in [0, 0.1) is 24.7 Å². The quantitative estimate of drug-likeness (QED) is 0.260. The predicted octanol–water partition coefficient (Wildman–Crippen LogP) is 5.85. The number of unbranched alkanes of at least 4 members (excludes halogenated alkanes) is 3. The van der Waals surface area contributed by atoms with Gasteiger partial charge in [0.2, 0.25) is 5.79 Å². The van der Waals surface area contributed by atoms with Crippen LogP contribution in [-0.2, 0) is 25.4 Å². The Kier molecular flexibility index (Phi) is 9.96. The van der Waals surface area contributed by atoms with Gasteiger partial charge in [0.1, 0.15) is 5.60 Å². The second-order valence-electron chi connectivity index (χ2n) is 11.5. The maximum absolute atomic E-state index is 13.4. The smallest absolute Gasteiger partial charge is 0.407 e. The first-order valence-corrected chi connectivity index (χ1v) is 13.0. The minimum atomic E-state index is -1.46. The van der Waals surface area contributed by atoms with E-state index in [4.69, 9.17) is 14.2 Å². The third-order valence-corrected chi connectivity index (χ3v) is 5.80. The van der Waals surface area contributed by atoms with Gasteiger partial charge in [-0.1, -0.05) is 45.5 Å². The molecule has 200 valence electrons. The summed E-state index contributed by atoms with van der Waals surface area (Å²) in [6, 6.07) is 1.22. The van der Waals surface area contributed by atoms with Gasteiger partial charge >= 0.3 is 12.1 Å². The second-order valence-corrected chi connectivity index (χ2v) is 11.5. The highest BCUT2D eigenvalue weighted by Gasteiger charge is 2.59. The van der Waals surface area contributed by atoms with E-state index >= 15 is 0 Å². The third-order valence-electron chi connectivity index (χ3n) is 5.80. The van der Waals surface area contributed by atoms with Gasteiger partial charge in [0.25, 0.3) is 0 Å². The highest BCUT2D eigenvalue weighted by molar-refractivity contribution is 5.84. The average molecular weight is 501 g/mol. The summed E-state index contributed by atoms with van der Waals surface area (Å²) in [5, 5.41) is 2.91. The van der Waals surface area contributed by atoms with Crippen molar-refractivity contribution in [1.29, 1.82) is 0 Å². The van der Waals surface area contributed by atoms with Crippen molar-refractivity contribution in [2.45, 2.75) is 124 Å². The van der Waals surface area contributed by atoms with Gasteiger partial charge in [-0.2, -0.15) is 0 Å². The topological polar surface area (TPSA) is 86.8 Å². The first-order valence-electron chi connectivity index (χ1n) is 13.0. The molecule has 0 saturated carbocycles. The molecule has 1 aliphatic heterocycles. The largest absolute Gasteiger partial charge is 0.444 e. The van der Waals surface area contributed by atoms with E-state index in [-0.39, 0.29) is 12.3 Å². The third kappa shape index (κ3) is 8.51. The first kappa shape index (κ1) is 29.6. The van der Waals surface area contributed by atoms with E-state index in [0.717, 1.165) is 36.8 Å². The van der Waals surface area contributed by atoms with Crippen LogP contribution >= 0.6 is 0 Å². The van der Waals surface area contributed by atoms with Crippen molar-refractivity contribution in [3.8, 4) is 11.8 Å². The molecule has 36 heavy (non-hydrogen) atoms. The molecule has 1 aromatic heterocycles. The van der Waals surface area contributed by atoms with E-state index in [1.165, 1.54) is 0 Å². The van der Waals surface area contributed by atoms with Gasteiger partial charge in [-0.05, 0) is 58.1 Å². The van der Waals surface area contributed by atoms with Crippen LogP contribution in [0.4, 0.5) is 4.79 Å². The van der Waals surface area contributed by atoms with Gasteiger partial charge in [-0.25, -0.2) is 9.59 Å². The molecule has 1 fully saturated rings. The number of esters is 1. The van der Waals surface area contributed by atoms with Crippen LogP contribution in [0.1, 0.15) is 104 Å². The molecule has 2 rings (SSSR count). The summed E-state index contributed by atoms with van der Waals surface area (Å²) in [7, 11) is 0. The Morgan fingerprint density at radius 3 is 2.50 bits per heavy atom. The molecule has 1 saturated heterocycles. The number of pyridine rings is 1. The van der Waals surface area contributed by atoms with Gasteiger partial charge in [0.05, 0.1) is 6.04 Å². The highest BCUT2D eigenvalue weighted by Crippen LogP contribution is 2.39. The molecule has 7 nitrogen and oxygen atoms in total. The van der Waals surface area contributed by atoms with Crippen LogP contribution in [0.25, 0.3) is 0 Å². The van der Waals surface area contributed by atoms with Crippen molar-refractivity contribution in [2.75, 3.05) is 0 Å². The zero-order valence-corrected chi connectivity index (χ0v) is 23.5. The number of aromatic nitrogens is 1. The van der Waals surface area contributed by atoms with E-state index in [1.54, 1.807) is 40.8 Å². The van der Waals surface area contributed by atoms with Crippen LogP contribution < -0.4 is 5.32 Å². The molecule has 1 aromatic rings. The number of nitrogens with zero attached hydrogens (tertiary/aromatic N) is 1. The molecule has 0 radical (unpaired) electrons. The molecule has 0 unspecified atom stereocenters. The van der Waals surface area contributed by atoms with Gasteiger partial charge in [-0.15, -0.1) is 0 Å². The standard InChI is InChI=1S/C29H44N2O5/c1-10-11-12-13-14-15-22-17-23(30-19-21(22)4)18-29(25(32)34-28(8,9)36-29)24(16-20(2)3)31-26(33)35-27(5,6)7/h17,19-20,24H,10-13,16,18H2,1-9H3,(H,31,33)/t24-,29+/m0/s1. The number of cyclic esters (lactones) is 1. The molecule has 1 amide bonds. The van der Waals surface area contributed by atoms with Crippen LogP contribution in [0.2, 0.25) is 0 Å². The van der Waals surface area contributed by atoms with Gasteiger partial charge in [0, 0.05) is 44.1 Å². The number of hydrogen-bond acceptors (Lipinski definition) is 6. The molecule has 2 atom stereocenters. The van der Waals surface area contributed by atoms with Crippen LogP contribution in [0.3, 0.4) is 0 Å². The molecule has 0 aromatic carbocycles. The SMILES string of the molecule is CCCCCC#Cc1cc(C[C@]2([C@H](CC(C)C)NC(=O)OC(C)(C)C)OC(C)(C)OC2=O)ncc1C. The number of alkyl carbamates (subject to hydrolysis) is 1. The van der Waals surface area contributed by atoms with Crippen molar-refractivity contribution >= 4 is 12.1 Å². The normalized spacial score (nSPS) is 19.9. The monoisotopic (exact) mass is 500 g/mol. The molecule has 0 spiro atoms. The van der Waals surface area contributed by atoms with E-state index in [2.05, 4.69) is 29.1 Å². The van der Waals surface area contributed by atoms with Crippen LogP contribution in [0.15, 0.2) is 12.3 Å². The number of carbonyl (C=O) groups is 2. The summed E-state index contributed by atoms with van der Waals surface area (Å²) in [6.07, 6.45) is 6.01. The number of rotatable bonds is 9. The minimum absolute atomic E-state index is 0.132. The fourth-order valence-corrected chi connectivity index (χ4v) is 4.23. The van der Waals surface area contributed by atoms with Crippen molar-refractivity contribution < 1.29 is 23.8 Å². The maximum atomic E-state index is 13.4. The van der Waals surface area contributed by atoms with E-state index in [9.17, 15) is 9.59 Å². The lowest BCUT2D eigenvalue weighted by Crippen LogP contribution is -2.59. The summed E-state index contributed by atoms with van der Waals surface area (Å²) in [6.45, 7) is 17.0. The molecule has 0 aliphatic carbocycles. The molecule has 2 heterocycles. The fourth-order valence-electron chi connectivity index (χ4n) is 4.23. The zero-order valence-electron chi connectivity index (χ0n) is 23.5. The number of carbonyl (C=O) groups excluding carboxylic acids is 2. The molecular weight excluding hydrogens is 456 g/mol. The number of aryl methyl sites for hydroxylation is 1. The van der Waals surface area contributed by atoms with Gasteiger partial charge in [0.15, 0.2) is 5.60 Å². The fraction of sp³-hybridized carbons (Fsp3) is 0.690. The number of hydrogen-bond donors (Lipinski definition) is 1. The maximum Gasteiger partial charge on any atom is 0.407 e. The van der Waals surface area contributed by atoms with Crippen molar-refractivity contribution in [1.82, 2.24) is 10.3 Å². The number of amides is 1. The van der Waals surface area contributed by atoms with Crippen LogP contribution in [-0.4, -0.2) is 40.1 Å². The molecule has 1 N–H and O–H groups in total. The zero-order chi connectivity index (χ0) is 27.1. The van der Waals surface area contributed by atoms with E-state index in [1.807, 2.05) is 26.8 Å². The van der Waals surface area contributed by atoms with Gasteiger partial charge in [-0.3, -0.25) is 4.98 Å². The summed E-state index contributed by atoms with van der Waals surface area (Å²) in [5.41, 5.74) is 0.347. The first-order chi connectivity index (χ1) is 16.7. The van der Waals surface area contributed by atoms with E-state index < -0.39 is 35.1 Å². The Bertz CT molecular complexity index is 984. The Hall–Kier alpha value is -2.59. The number of ether oxygens (including phenoxy) is 3. The summed E-state index contributed by atoms with van der Waals surface area (Å²) >= 11 is 0. The predicted molar refractivity (Wildman–Crippen MR) is 140 cm³/mol. The van der Waals surface area contributed by atoms with Crippen molar-refractivity contribution in [3.05, 3.63) is 29.1 Å². The van der Waals surface area contributed by atoms with Gasteiger partial charge < -0.3 is 19.5 Å². The molecule has 1 aliphatic rings. The Labute approximate surface area is 217 Å². The van der Waals surface area contributed by atoms with E-state index in [0.29, 0.717) is 12.1 Å². The minimum Gasteiger partial charge on any atom is -0.444 e. The molecule has 7 heteroatoms. The van der Waals surface area contributed by atoms with Crippen molar-refractivity contribution in [3.63, 3.8) is 0 Å². The second kappa shape index (κ2) is 12.1. The summed E-state index contributed by atoms with van der Waals surface area (Å²) in [5.74, 6) is 5.01. The highest BCUT2D eigenvalue weighted by atomic mass is 16.8. The molecule has 0 bridgehead atoms. The lowest BCUT2D eigenvalue weighted by Gasteiger charge is -2.36. The Morgan fingerprint density at radius 2 is 1.94 bits per heavy atom.